The van der Waals surface area contributed by atoms with E-state index in [9.17, 15) is 9.59 Å². The van der Waals surface area contributed by atoms with Crippen molar-refractivity contribution >= 4 is 17.6 Å². The molecule has 0 spiro atoms. The van der Waals surface area contributed by atoms with E-state index < -0.39 is 5.97 Å². The summed E-state index contributed by atoms with van der Waals surface area (Å²) in [6.45, 7) is 1.87. The van der Waals surface area contributed by atoms with Gasteiger partial charge in [-0.15, -0.1) is 0 Å². The molecule has 1 aliphatic heterocycles. The van der Waals surface area contributed by atoms with E-state index in [1.54, 1.807) is 26.4 Å². The first-order valence-electron chi connectivity index (χ1n) is 11.3. The first-order chi connectivity index (χ1) is 16.9. The molecule has 35 heavy (non-hydrogen) atoms. The van der Waals surface area contributed by atoms with Crippen molar-refractivity contribution in [2.45, 2.75) is 31.6 Å². The minimum absolute atomic E-state index is 0.0264. The van der Waals surface area contributed by atoms with Gasteiger partial charge in [-0.2, -0.15) is 0 Å². The molecule has 1 aliphatic carbocycles. The fourth-order valence-electron chi connectivity index (χ4n) is 5.08. The molecule has 2 aromatic carbocycles. The number of carbonyl (C=O) groups excluding carboxylic acids is 2. The molecule has 8 nitrogen and oxygen atoms in total. The topological polar surface area (TPSA) is 99.9 Å². The maximum Gasteiger partial charge on any atom is 0.337 e. The van der Waals surface area contributed by atoms with Crippen molar-refractivity contribution in [3.8, 4) is 11.5 Å². The molecule has 8 heteroatoms. The molecule has 0 radical (unpaired) electrons. The van der Waals surface area contributed by atoms with Gasteiger partial charge in [0, 0.05) is 23.6 Å². The van der Waals surface area contributed by atoms with Crippen LogP contribution in [0.4, 0.5) is 5.88 Å². The predicted molar refractivity (Wildman–Crippen MR) is 128 cm³/mol. The lowest BCUT2D eigenvalue weighted by molar-refractivity contribution is -0.116. The van der Waals surface area contributed by atoms with Crippen LogP contribution in [0, 0.1) is 6.92 Å². The molecule has 1 aromatic heterocycles. The number of methoxy groups -OCH3 is 3. The number of allylic oxidation sites excluding steroid dienone is 2. The van der Waals surface area contributed by atoms with Gasteiger partial charge >= 0.3 is 5.97 Å². The summed E-state index contributed by atoms with van der Waals surface area (Å²) in [4.78, 5) is 25.6. The average Bonchev–Trinajstić information content (AvgIpc) is 3.26. The van der Waals surface area contributed by atoms with Crippen LogP contribution in [0.2, 0.25) is 0 Å². The highest BCUT2D eigenvalue weighted by Gasteiger charge is 2.41. The van der Waals surface area contributed by atoms with Crippen molar-refractivity contribution in [1.29, 1.82) is 0 Å². The van der Waals surface area contributed by atoms with Crippen LogP contribution in [0.25, 0.3) is 0 Å². The maximum absolute atomic E-state index is 13.7. The van der Waals surface area contributed by atoms with E-state index in [0.717, 1.165) is 28.1 Å². The molecule has 0 saturated carbocycles. The van der Waals surface area contributed by atoms with Gasteiger partial charge in [-0.1, -0.05) is 23.4 Å². The van der Waals surface area contributed by atoms with Crippen LogP contribution in [-0.2, 0) is 9.53 Å². The Morgan fingerprint density at radius 3 is 2.40 bits per heavy atom. The van der Waals surface area contributed by atoms with Crippen LogP contribution in [0.5, 0.6) is 11.5 Å². The highest BCUT2D eigenvalue weighted by molar-refractivity contribution is 6.01. The smallest absolute Gasteiger partial charge is 0.337 e. The molecule has 0 saturated heterocycles. The number of aryl methyl sites for hydroxylation is 1. The Kier molecular flexibility index (Phi) is 5.80. The van der Waals surface area contributed by atoms with Crippen LogP contribution < -0.4 is 14.8 Å². The first-order valence-corrected chi connectivity index (χ1v) is 11.3. The Morgan fingerprint density at radius 2 is 1.71 bits per heavy atom. The zero-order valence-electron chi connectivity index (χ0n) is 20.0. The van der Waals surface area contributed by atoms with Crippen molar-refractivity contribution in [3.05, 3.63) is 81.7 Å². The minimum atomic E-state index is -0.407. The van der Waals surface area contributed by atoms with Gasteiger partial charge in [-0.05, 0) is 54.7 Å². The van der Waals surface area contributed by atoms with Gasteiger partial charge in [0.25, 0.3) is 0 Å². The van der Waals surface area contributed by atoms with E-state index in [2.05, 4.69) is 10.5 Å². The molecule has 1 N–H and O–H groups in total. The number of hydrogen-bond donors (Lipinski definition) is 1. The Morgan fingerprint density at radius 1 is 1.00 bits per heavy atom. The Labute approximate surface area is 202 Å². The lowest BCUT2D eigenvalue weighted by Gasteiger charge is -2.34. The Hall–Kier alpha value is -4.07. The molecular formula is C27H26N2O6. The summed E-state index contributed by atoms with van der Waals surface area (Å²) in [6, 6.07) is 12.9. The fourth-order valence-corrected chi connectivity index (χ4v) is 5.08. The largest absolute Gasteiger partial charge is 0.493 e. The number of hydrogen-bond acceptors (Lipinski definition) is 8. The van der Waals surface area contributed by atoms with Gasteiger partial charge in [0.2, 0.25) is 5.88 Å². The second-order valence-electron chi connectivity index (χ2n) is 8.72. The molecule has 2 atom stereocenters. The van der Waals surface area contributed by atoms with Crippen molar-refractivity contribution in [1.82, 2.24) is 5.16 Å². The number of rotatable bonds is 5. The molecule has 5 rings (SSSR count). The van der Waals surface area contributed by atoms with E-state index in [-0.39, 0.29) is 17.6 Å². The molecule has 2 heterocycles. The number of ketones is 1. The number of nitrogens with one attached hydrogen (secondary N) is 1. The van der Waals surface area contributed by atoms with Crippen LogP contribution in [0.3, 0.4) is 0 Å². The number of benzene rings is 2. The van der Waals surface area contributed by atoms with Crippen LogP contribution in [0.15, 0.2) is 58.3 Å². The lowest BCUT2D eigenvalue weighted by Crippen LogP contribution is -2.29. The fraction of sp³-hybridized carbons (Fsp3) is 0.296. The second kappa shape index (κ2) is 8.94. The zero-order valence-corrected chi connectivity index (χ0v) is 20.0. The highest BCUT2D eigenvalue weighted by Crippen LogP contribution is 2.49. The average molecular weight is 475 g/mol. The summed E-state index contributed by atoms with van der Waals surface area (Å²) < 4.78 is 21.2. The quantitative estimate of drug-likeness (QED) is 0.529. The molecule has 0 fully saturated rings. The van der Waals surface area contributed by atoms with Crippen LogP contribution >= 0.6 is 0 Å². The van der Waals surface area contributed by atoms with Gasteiger partial charge in [0.05, 0.1) is 38.2 Å². The molecule has 0 amide bonds. The summed E-state index contributed by atoms with van der Waals surface area (Å²) in [5.74, 6) is 1.11. The van der Waals surface area contributed by atoms with E-state index in [0.29, 0.717) is 41.4 Å². The maximum atomic E-state index is 13.7. The number of anilines is 1. The van der Waals surface area contributed by atoms with Gasteiger partial charge in [0.1, 0.15) is 0 Å². The number of nitrogens with zero attached hydrogens (tertiary/aromatic N) is 1. The van der Waals surface area contributed by atoms with E-state index in [1.807, 2.05) is 37.3 Å². The third kappa shape index (κ3) is 3.84. The number of aromatic nitrogens is 1. The summed E-state index contributed by atoms with van der Waals surface area (Å²) in [7, 11) is 4.54. The third-order valence-corrected chi connectivity index (χ3v) is 6.80. The SMILES string of the molecule is COC(=O)c1ccc([C@@H]2C3=C(C[C@H](c4ccc(OC)c(OC)c4)CC3=O)Nc3onc(C)c32)cc1. The Balaban J connectivity index is 1.55. The zero-order chi connectivity index (χ0) is 24.7. The lowest BCUT2D eigenvalue weighted by atomic mass is 9.72. The van der Waals surface area contributed by atoms with Gasteiger partial charge < -0.3 is 24.1 Å². The van der Waals surface area contributed by atoms with Crippen LogP contribution in [-0.4, -0.2) is 38.2 Å². The second-order valence-corrected chi connectivity index (χ2v) is 8.72. The number of esters is 1. The predicted octanol–water partition coefficient (Wildman–Crippen LogP) is 4.75. The molecule has 2 aliphatic rings. The number of Topliss-reactive ketones (excluding diaryl/α,β-unsaturated/α-hetero) is 1. The van der Waals surface area contributed by atoms with Crippen molar-refractivity contribution in [3.63, 3.8) is 0 Å². The normalized spacial score (nSPS) is 18.9. The molecule has 180 valence electrons. The Bertz CT molecular complexity index is 1340. The molecular weight excluding hydrogens is 448 g/mol. The summed E-state index contributed by atoms with van der Waals surface area (Å²) in [5.41, 5.74) is 5.44. The summed E-state index contributed by atoms with van der Waals surface area (Å²) in [6.07, 6.45) is 0.999. The molecule has 0 unspecified atom stereocenters. The van der Waals surface area contributed by atoms with Crippen molar-refractivity contribution < 1.29 is 28.3 Å². The number of fused-ring (bicyclic) bond motifs is 1. The van der Waals surface area contributed by atoms with Gasteiger partial charge in [-0.3, -0.25) is 4.79 Å². The van der Waals surface area contributed by atoms with Crippen molar-refractivity contribution in [2.24, 2.45) is 0 Å². The van der Waals surface area contributed by atoms with E-state index in [4.69, 9.17) is 18.7 Å². The van der Waals surface area contributed by atoms with Crippen molar-refractivity contribution in [2.75, 3.05) is 26.6 Å². The third-order valence-electron chi connectivity index (χ3n) is 6.80. The van der Waals surface area contributed by atoms with Gasteiger partial charge in [-0.25, -0.2) is 4.79 Å². The van der Waals surface area contributed by atoms with E-state index >= 15 is 0 Å². The monoisotopic (exact) mass is 474 g/mol. The minimum Gasteiger partial charge on any atom is -0.493 e. The molecule has 0 bridgehead atoms. The van der Waals surface area contributed by atoms with Crippen LogP contribution in [0.1, 0.15) is 57.4 Å². The van der Waals surface area contributed by atoms with E-state index in [1.165, 1.54) is 7.11 Å². The standard InChI is InChI=1S/C27H26N2O6/c1-14-23-24(15-5-7-16(8-6-15)27(31)34-4)25-19(28-26(23)35-29-14)11-18(12-20(25)30)17-9-10-21(32-2)22(13-17)33-3/h5-10,13,18,24,28H,11-12H2,1-4H3/t18-,24-/m0/s1. The number of ether oxygens (including phenoxy) is 3. The summed E-state index contributed by atoms with van der Waals surface area (Å²) in [5, 5.41) is 7.49. The summed E-state index contributed by atoms with van der Waals surface area (Å²) >= 11 is 0. The van der Waals surface area contributed by atoms with Gasteiger partial charge in [0.15, 0.2) is 17.3 Å². The highest BCUT2D eigenvalue weighted by atomic mass is 16.5. The number of carbonyl (C=O) groups is 2. The first kappa shape index (κ1) is 22.7. The molecule has 3 aromatic rings.